The molecule has 0 aromatic rings. The molecular formula is C5H10N2O2. The number of aliphatic hydroxyl groups is 1. The third kappa shape index (κ3) is 1.65. The Hall–Kier alpha value is -0.610. The van der Waals surface area contributed by atoms with E-state index in [1.165, 1.54) is 0 Å². The zero-order valence-electron chi connectivity index (χ0n) is 5.08. The number of amides is 1. The summed E-state index contributed by atoms with van der Waals surface area (Å²) in [5.74, 6) is 0. The van der Waals surface area contributed by atoms with Gasteiger partial charge in [0.1, 0.15) is 0 Å². The lowest BCUT2D eigenvalue weighted by Crippen LogP contribution is -2.35. The summed E-state index contributed by atoms with van der Waals surface area (Å²) in [6.45, 7) is 1.30. The van der Waals surface area contributed by atoms with Crippen LogP contribution in [0.4, 0.5) is 0 Å². The molecule has 0 aromatic heterocycles. The maximum Gasteiger partial charge on any atom is 0.221 e. The van der Waals surface area contributed by atoms with Gasteiger partial charge >= 0.3 is 0 Å². The second-order valence-electron chi connectivity index (χ2n) is 2.14. The molecule has 0 spiro atoms. The number of hydrazine groups is 1. The van der Waals surface area contributed by atoms with E-state index in [2.05, 4.69) is 5.43 Å². The van der Waals surface area contributed by atoms with E-state index in [4.69, 9.17) is 5.11 Å². The molecule has 0 bridgehead atoms. The lowest BCUT2D eigenvalue weighted by molar-refractivity contribution is -0.113. The minimum Gasteiger partial charge on any atom is -0.392 e. The zero-order chi connectivity index (χ0) is 6.69. The molecule has 1 fully saturated rings. The van der Waals surface area contributed by atoms with Gasteiger partial charge in [-0.25, -0.2) is 5.01 Å². The van der Waals surface area contributed by atoms with Gasteiger partial charge in [0.2, 0.25) is 6.41 Å². The summed E-state index contributed by atoms with van der Waals surface area (Å²) in [5, 5.41) is 10.6. The Morgan fingerprint density at radius 3 is 3.00 bits per heavy atom. The van der Waals surface area contributed by atoms with Crippen molar-refractivity contribution in [1.29, 1.82) is 0 Å². The number of hydrogen-bond donors (Lipinski definition) is 2. The van der Waals surface area contributed by atoms with Crippen molar-refractivity contribution in [2.75, 3.05) is 13.1 Å². The SMILES string of the molecule is O=CNN1CCC(O)C1. The van der Waals surface area contributed by atoms with E-state index in [0.717, 1.165) is 13.0 Å². The Balaban J connectivity index is 2.21. The Labute approximate surface area is 53.4 Å². The molecule has 2 N–H and O–H groups in total. The van der Waals surface area contributed by atoms with E-state index in [1.54, 1.807) is 5.01 Å². The number of carbonyl (C=O) groups excluding carboxylic acids is 1. The normalized spacial score (nSPS) is 28.3. The fourth-order valence-electron chi connectivity index (χ4n) is 0.934. The number of nitrogens with zero attached hydrogens (tertiary/aromatic N) is 1. The molecular weight excluding hydrogens is 120 g/mol. The van der Waals surface area contributed by atoms with Crippen molar-refractivity contribution >= 4 is 6.41 Å². The molecule has 9 heavy (non-hydrogen) atoms. The molecule has 0 aliphatic carbocycles. The van der Waals surface area contributed by atoms with Gasteiger partial charge in [-0.15, -0.1) is 0 Å². The van der Waals surface area contributed by atoms with Gasteiger partial charge in [-0.2, -0.15) is 0 Å². The van der Waals surface area contributed by atoms with Crippen LogP contribution in [0.1, 0.15) is 6.42 Å². The summed E-state index contributed by atoms with van der Waals surface area (Å²) in [4.78, 5) is 9.83. The number of carbonyl (C=O) groups is 1. The van der Waals surface area contributed by atoms with Crippen LogP contribution in [0, 0.1) is 0 Å². The minimum atomic E-state index is -0.266. The van der Waals surface area contributed by atoms with Gasteiger partial charge in [-0.3, -0.25) is 10.2 Å². The Kier molecular flexibility index (Phi) is 2.02. The van der Waals surface area contributed by atoms with E-state index >= 15 is 0 Å². The van der Waals surface area contributed by atoms with Gasteiger partial charge in [0.25, 0.3) is 0 Å². The van der Waals surface area contributed by atoms with Crippen molar-refractivity contribution in [1.82, 2.24) is 10.4 Å². The lowest BCUT2D eigenvalue weighted by Gasteiger charge is -2.10. The van der Waals surface area contributed by atoms with E-state index in [-0.39, 0.29) is 6.10 Å². The van der Waals surface area contributed by atoms with E-state index in [0.29, 0.717) is 13.0 Å². The molecule has 52 valence electrons. The lowest BCUT2D eigenvalue weighted by atomic mass is 10.3. The largest absolute Gasteiger partial charge is 0.392 e. The Bertz CT molecular complexity index is 107. The highest BCUT2D eigenvalue weighted by Gasteiger charge is 2.18. The first-order valence-corrected chi connectivity index (χ1v) is 2.96. The number of nitrogens with one attached hydrogen (secondary N) is 1. The maximum atomic E-state index is 9.83. The summed E-state index contributed by atoms with van der Waals surface area (Å²) in [6, 6.07) is 0. The van der Waals surface area contributed by atoms with Crippen LogP contribution in [-0.2, 0) is 4.79 Å². The molecule has 4 heteroatoms. The fourth-order valence-corrected chi connectivity index (χ4v) is 0.934. The second kappa shape index (κ2) is 2.80. The molecule has 1 amide bonds. The predicted molar refractivity (Wildman–Crippen MR) is 31.4 cm³/mol. The summed E-state index contributed by atoms with van der Waals surface area (Å²) in [6.07, 6.45) is 1.11. The summed E-state index contributed by atoms with van der Waals surface area (Å²) in [7, 11) is 0. The highest BCUT2D eigenvalue weighted by molar-refractivity contribution is 5.45. The van der Waals surface area contributed by atoms with Gasteiger partial charge in [-0.05, 0) is 6.42 Å². The molecule has 1 rings (SSSR count). The monoisotopic (exact) mass is 130 g/mol. The number of β-amino-alcohol motifs (C(OH)–C–C–N with tert-alkyl or cyclic N) is 1. The average molecular weight is 130 g/mol. The Morgan fingerprint density at radius 2 is 2.56 bits per heavy atom. The van der Waals surface area contributed by atoms with Crippen molar-refractivity contribution in [3.05, 3.63) is 0 Å². The quantitative estimate of drug-likeness (QED) is 0.457. The third-order valence-electron chi connectivity index (χ3n) is 1.40. The Morgan fingerprint density at radius 1 is 1.78 bits per heavy atom. The van der Waals surface area contributed by atoms with Crippen LogP contribution in [0.2, 0.25) is 0 Å². The molecule has 1 aliphatic rings. The second-order valence-corrected chi connectivity index (χ2v) is 2.14. The molecule has 1 saturated heterocycles. The van der Waals surface area contributed by atoms with Crippen molar-refractivity contribution in [2.45, 2.75) is 12.5 Å². The fraction of sp³-hybridized carbons (Fsp3) is 0.800. The molecule has 1 aliphatic heterocycles. The van der Waals surface area contributed by atoms with Crippen LogP contribution < -0.4 is 5.43 Å². The van der Waals surface area contributed by atoms with Crippen LogP contribution in [0.15, 0.2) is 0 Å². The standard InChI is InChI=1S/C5H10N2O2/c8-4-6-7-2-1-5(9)3-7/h4-5,9H,1-3H2,(H,6,8). The maximum absolute atomic E-state index is 9.83. The summed E-state index contributed by atoms with van der Waals surface area (Å²) in [5.41, 5.74) is 2.47. The van der Waals surface area contributed by atoms with Crippen LogP contribution in [0.5, 0.6) is 0 Å². The minimum absolute atomic E-state index is 0.266. The first kappa shape index (κ1) is 6.51. The van der Waals surface area contributed by atoms with Gasteiger partial charge < -0.3 is 5.11 Å². The van der Waals surface area contributed by atoms with Crippen LogP contribution in [0.3, 0.4) is 0 Å². The molecule has 0 saturated carbocycles. The number of aliphatic hydroxyl groups excluding tert-OH is 1. The van der Waals surface area contributed by atoms with Crippen molar-refractivity contribution in [3.8, 4) is 0 Å². The van der Waals surface area contributed by atoms with Crippen LogP contribution in [-0.4, -0.2) is 35.7 Å². The molecule has 4 nitrogen and oxygen atoms in total. The van der Waals surface area contributed by atoms with E-state index in [9.17, 15) is 4.79 Å². The number of hydrogen-bond acceptors (Lipinski definition) is 3. The van der Waals surface area contributed by atoms with Crippen LogP contribution >= 0.6 is 0 Å². The van der Waals surface area contributed by atoms with Gasteiger partial charge in [0.15, 0.2) is 0 Å². The summed E-state index contributed by atoms with van der Waals surface area (Å²) >= 11 is 0. The highest BCUT2D eigenvalue weighted by Crippen LogP contribution is 2.03. The average Bonchev–Trinajstić information content (AvgIpc) is 2.17. The molecule has 1 atom stereocenters. The topological polar surface area (TPSA) is 52.6 Å². The van der Waals surface area contributed by atoms with Crippen molar-refractivity contribution < 1.29 is 9.90 Å². The first-order chi connectivity index (χ1) is 4.33. The van der Waals surface area contributed by atoms with Gasteiger partial charge in [0.05, 0.1) is 6.10 Å². The third-order valence-corrected chi connectivity index (χ3v) is 1.40. The summed E-state index contributed by atoms with van der Waals surface area (Å²) < 4.78 is 0. The van der Waals surface area contributed by atoms with Crippen LogP contribution in [0.25, 0.3) is 0 Å². The highest BCUT2D eigenvalue weighted by atomic mass is 16.3. The number of rotatable bonds is 2. The molecule has 1 unspecified atom stereocenters. The molecule has 1 heterocycles. The van der Waals surface area contributed by atoms with Gasteiger partial charge in [0, 0.05) is 13.1 Å². The van der Waals surface area contributed by atoms with Gasteiger partial charge in [-0.1, -0.05) is 0 Å². The van der Waals surface area contributed by atoms with E-state index in [1.807, 2.05) is 0 Å². The van der Waals surface area contributed by atoms with E-state index < -0.39 is 0 Å². The molecule has 0 radical (unpaired) electrons. The van der Waals surface area contributed by atoms with Crippen molar-refractivity contribution in [3.63, 3.8) is 0 Å². The first-order valence-electron chi connectivity index (χ1n) is 2.96. The smallest absolute Gasteiger partial charge is 0.221 e. The van der Waals surface area contributed by atoms with Crippen molar-refractivity contribution in [2.24, 2.45) is 0 Å². The predicted octanol–water partition coefficient (Wildman–Crippen LogP) is -1.29. The zero-order valence-corrected chi connectivity index (χ0v) is 5.08. The molecule has 0 aromatic carbocycles.